The van der Waals surface area contributed by atoms with Gasteiger partial charge in [-0.1, -0.05) is 6.07 Å². The summed E-state index contributed by atoms with van der Waals surface area (Å²) in [5, 5.41) is 0. The predicted octanol–water partition coefficient (Wildman–Crippen LogP) is 1.81. The Balaban J connectivity index is 2.07. The molecule has 1 fully saturated rings. The molecule has 0 aromatic heterocycles. The first-order chi connectivity index (χ1) is 9.95. The van der Waals surface area contributed by atoms with Gasteiger partial charge in [0.15, 0.2) is 0 Å². The minimum absolute atomic E-state index is 0.0974. The van der Waals surface area contributed by atoms with Crippen LogP contribution in [-0.4, -0.2) is 51.0 Å². The summed E-state index contributed by atoms with van der Waals surface area (Å²) in [4.78, 5) is 2.35. The second-order valence-corrected chi connectivity index (χ2v) is 6.06. The Kier molecular flexibility index (Phi) is 5.08. The number of morpholine rings is 1. The normalized spacial score (nSPS) is 20.0. The number of rotatable bonds is 5. The van der Waals surface area contributed by atoms with Crippen LogP contribution in [0.1, 0.15) is 25.5 Å². The van der Waals surface area contributed by atoms with Gasteiger partial charge in [0.2, 0.25) is 0 Å². The van der Waals surface area contributed by atoms with Crippen molar-refractivity contribution in [1.82, 2.24) is 4.90 Å². The zero-order chi connectivity index (χ0) is 15.5. The molecule has 0 spiro atoms. The molecule has 5 nitrogen and oxygen atoms in total. The molecule has 5 heteroatoms. The summed E-state index contributed by atoms with van der Waals surface area (Å²) in [6, 6.07) is 5.67. The second kappa shape index (κ2) is 6.64. The minimum atomic E-state index is -0.109. The number of nitrogens with two attached hydrogens (primary N) is 1. The highest BCUT2D eigenvalue weighted by Crippen LogP contribution is 2.29. The molecule has 1 saturated heterocycles. The summed E-state index contributed by atoms with van der Waals surface area (Å²) in [5.41, 5.74) is 7.27. The maximum absolute atomic E-state index is 6.38. The van der Waals surface area contributed by atoms with Gasteiger partial charge in [-0.05, 0) is 19.9 Å². The van der Waals surface area contributed by atoms with Crippen LogP contribution in [0.4, 0.5) is 0 Å². The molecule has 2 N–H and O–H groups in total. The van der Waals surface area contributed by atoms with Crippen molar-refractivity contribution < 1.29 is 14.2 Å². The van der Waals surface area contributed by atoms with Gasteiger partial charge in [0.25, 0.3) is 0 Å². The van der Waals surface area contributed by atoms with Crippen molar-refractivity contribution in [2.24, 2.45) is 5.73 Å². The lowest BCUT2D eigenvalue weighted by atomic mass is 10.0. The van der Waals surface area contributed by atoms with E-state index in [0.717, 1.165) is 43.3 Å². The van der Waals surface area contributed by atoms with Gasteiger partial charge in [-0.25, -0.2) is 0 Å². The molecule has 1 aromatic carbocycles. The number of nitrogens with zero attached hydrogens (tertiary/aromatic N) is 1. The third-order valence-electron chi connectivity index (χ3n) is 3.80. The van der Waals surface area contributed by atoms with Crippen LogP contribution in [0.5, 0.6) is 11.5 Å². The quantitative estimate of drug-likeness (QED) is 0.897. The molecule has 0 saturated carbocycles. The zero-order valence-corrected chi connectivity index (χ0v) is 13.4. The summed E-state index contributed by atoms with van der Waals surface area (Å²) < 4.78 is 16.4. The Hall–Kier alpha value is -1.30. The summed E-state index contributed by atoms with van der Waals surface area (Å²) in [6.45, 7) is 7.56. The topological polar surface area (TPSA) is 57.0 Å². The first-order valence-corrected chi connectivity index (χ1v) is 7.29. The van der Waals surface area contributed by atoms with Crippen LogP contribution in [0.25, 0.3) is 0 Å². The lowest BCUT2D eigenvalue weighted by Gasteiger charge is -2.39. The summed E-state index contributed by atoms with van der Waals surface area (Å²) >= 11 is 0. The van der Waals surface area contributed by atoms with Gasteiger partial charge < -0.3 is 19.9 Å². The number of hydrogen-bond donors (Lipinski definition) is 1. The van der Waals surface area contributed by atoms with E-state index in [0.29, 0.717) is 0 Å². The summed E-state index contributed by atoms with van der Waals surface area (Å²) in [7, 11) is 3.30. The highest BCUT2D eigenvalue weighted by molar-refractivity contribution is 5.42. The van der Waals surface area contributed by atoms with Gasteiger partial charge in [-0.2, -0.15) is 0 Å². The van der Waals surface area contributed by atoms with Gasteiger partial charge >= 0.3 is 0 Å². The molecule has 1 aliphatic heterocycles. The Morgan fingerprint density at radius 1 is 1.33 bits per heavy atom. The molecule has 1 unspecified atom stereocenters. The number of ether oxygens (including phenoxy) is 3. The molecule has 0 amide bonds. The van der Waals surface area contributed by atoms with E-state index in [2.05, 4.69) is 18.7 Å². The third-order valence-corrected chi connectivity index (χ3v) is 3.80. The fourth-order valence-corrected chi connectivity index (χ4v) is 2.77. The first kappa shape index (κ1) is 16.1. The SMILES string of the molecule is COc1ccc(C(N)CN2CCOC(C)(C)C2)c(OC)c1. The molecule has 0 bridgehead atoms. The fourth-order valence-electron chi connectivity index (χ4n) is 2.77. The van der Waals surface area contributed by atoms with Crippen molar-refractivity contribution in [3.8, 4) is 11.5 Å². The van der Waals surface area contributed by atoms with Crippen molar-refractivity contribution in [2.75, 3.05) is 40.5 Å². The van der Waals surface area contributed by atoms with E-state index in [1.165, 1.54) is 0 Å². The standard InChI is InChI=1S/C16H26N2O3/c1-16(2)11-18(7-8-21-16)10-14(17)13-6-5-12(19-3)9-15(13)20-4/h5-6,9,14H,7-8,10-11,17H2,1-4H3. The molecule has 0 radical (unpaired) electrons. The van der Waals surface area contributed by atoms with Gasteiger partial charge in [-0.15, -0.1) is 0 Å². The van der Waals surface area contributed by atoms with Crippen LogP contribution < -0.4 is 15.2 Å². The highest BCUT2D eigenvalue weighted by Gasteiger charge is 2.28. The van der Waals surface area contributed by atoms with Crippen molar-refractivity contribution in [3.05, 3.63) is 23.8 Å². The Labute approximate surface area is 127 Å². The van der Waals surface area contributed by atoms with Gasteiger partial charge in [-0.3, -0.25) is 4.90 Å². The van der Waals surface area contributed by atoms with Gasteiger partial charge in [0.05, 0.1) is 26.4 Å². The molecular weight excluding hydrogens is 268 g/mol. The Morgan fingerprint density at radius 3 is 2.71 bits per heavy atom. The van der Waals surface area contributed by atoms with Crippen molar-refractivity contribution in [2.45, 2.75) is 25.5 Å². The second-order valence-electron chi connectivity index (χ2n) is 6.06. The minimum Gasteiger partial charge on any atom is -0.497 e. The fraction of sp³-hybridized carbons (Fsp3) is 0.625. The van der Waals surface area contributed by atoms with Crippen LogP contribution in [-0.2, 0) is 4.74 Å². The largest absolute Gasteiger partial charge is 0.497 e. The molecule has 1 aliphatic rings. The maximum atomic E-state index is 6.38. The number of methoxy groups -OCH3 is 2. The molecule has 118 valence electrons. The maximum Gasteiger partial charge on any atom is 0.127 e. The lowest BCUT2D eigenvalue weighted by Crippen LogP contribution is -2.50. The van der Waals surface area contributed by atoms with Crippen molar-refractivity contribution in [3.63, 3.8) is 0 Å². The van der Waals surface area contributed by atoms with Crippen LogP contribution in [0, 0.1) is 0 Å². The van der Waals surface area contributed by atoms with E-state index in [-0.39, 0.29) is 11.6 Å². The smallest absolute Gasteiger partial charge is 0.127 e. The molecule has 2 rings (SSSR count). The van der Waals surface area contributed by atoms with Crippen molar-refractivity contribution >= 4 is 0 Å². The molecular formula is C16H26N2O3. The zero-order valence-electron chi connectivity index (χ0n) is 13.4. The van der Waals surface area contributed by atoms with Crippen LogP contribution in [0.2, 0.25) is 0 Å². The van der Waals surface area contributed by atoms with E-state index in [1.807, 2.05) is 18.2 Å². The first-order valence-electron chi connectivity index (χ1n) is 7.29. The molecule has 1 heterocycles. The average molecular weight is 294 g/mol. The summed E-state index contributed by atoms with van der Waals surface area (Å²) in [5.74, 6) is 1.55. The van der Waals surface area contributed by atoms with Crippen LogP contribution in [0.3, 0.4) is 0 Å². The Morgan fingerprint density at radius 2 is 2.10 bits per heavy atom. The van der Waals surface area contributed by atoms with Gasteiger partial charge in [0, 0.05) is 37.3 Å². The average Bonchev–Trinajstić information content (AvgIpc) is 2.45. The van der Waals surface area contributed by atoms with E-state index in [9.17, 15) is 0 Å². The molecule has 1 atom stereocenters. The molecule has 21 heavy (non-hydrogen) atoms. The summed E-state index contributed by atoms with van der Waals surface area (Å²) in [6.07, 6.45) is 0. The lowest BCUT2D eigenvalue weighted by molar-refractivity contribution is -0.0870. The number of benzene rings is 1. The number of hydrogen-bond acceptors (Lipinski definition) is 5. The third kappa shape index (κ3) is 4.09. The molecule has 1 aromatic rings. The molecule has 0 aliphatic carbocycles. The van der Waals surface area contributed by atoms with E-state index < -0.39 is 0 Å². The van der Waals surface area contributed by atoms with E-state index >= 15 is 0 Å². The van der Waals surface area contributed by atoms with Gasteiger partial charge in [0.1, 0.15) is 11.5 Å². The van der Waals surface area contributed by atoms with Crippen LogP contribution >= 0.6 is 0 Å². The Bertz CT molecular complexity index is 477. The highest BCUT2D eigenvalue weighted by atomic mass is 16.5. The predicted molar refractivity (Wildman–Crippen MR) is 82.9 cm³/mol. The van der Waals surface area contributed by atoms with Crippen LogP contribution in [0.15, 0.2) is 18.2 Å². The van der Waals surface area contributed by atoms with Crippen molar-refractivity contribution in [1.29, 1.82) is 0 Å². The van der Waals surface area contributed by atoms with E-state index in [4.69, 9.17) is 19.9 Å². The monoisotopic (exact) mass is 294 g/mol. The van der Waals surface area contributed by atoms with E-state index in [1.54, 1.807) is 14.2 Å².